The molecule has 0 bridgehead atoms. The molecule has 0 radical (unpaired) electrons. The minimum atomic E-state index is -0.518. The molecular weight excluding hydrogens is 240 g/mol. The number of carbonyl (C=O) groups is 3. The zero-order valence-corrected chi connectivity index (χ0v) is 10.6. The van der Waals surface area contributed by atoms with Crippen LogP contribution in [0.25, 0.3) is 0 Å². The second-order valence-electron chi connectivity index (χ2n) is 3.92. The second-order valence-corrected chi connectivity index (χ2v) is 3.92. The number of hydrogen-bond donors (Lipinski definition) is 0. The predicted octanol–water partition coefficient (Wildman–Crippen LogP) is 0.600. The molecule has 0 aromatic heterocycles. The van der Waals surface area contributed by atoms with E-state index < -0.39 is 29.9 Å². The number of rotatable bonds is 4. The maximum Gasteiger partial charge on any atom is 0.333 e. The predicted molar refractivity (Wildman–Crippen MR) is 60.4 cm³/mol. The topological polar surface area (TPSA) is 78.9 Å². The van der Waals surface area contributed by atoms with Crippen LogP contribution in [0.1, 0.15) is 19.8 Å². The van der Waals surface area contributed by atoms with Gasteiger partial charge in [-0.15, -0.1) is 0 Å². The van der Waals surface area contributed by atoms with E-state index in [2.05, 4.69) is 9.47 Å². The molecule has 2 unspecified atom stereocenters. The zero-order chi connectivity index (χ0) is 13.7. The first-order valence-electron chi connectivity index (χ1n) is 5.52. The molecule has 6 heteroatoms. The van der Waals surface area contributed by atoms with Gasteiger partial charge in [-0.05, 0) is 0 Å². The van der Waals surface area contributed by atoms with E-state index in [4.69, 9.17) is 4.74 Å². The van der Waals surface area contributed by atoms with E-state index in [0.29, 0.717) is 12.0 Å². The van der Waals surface area contributed by atoms with Gasteiger partial charge in [0.2, 0.25) is 0 Å². The minimum Gasteiger partial charge on any atom is -0.469 e. The summed E-state index contributed by atoms with van der Waals surface area (Å²) in [5.74, 6) is -1.93. The van der Waals surface area contributed by atoms with Gasteiger partial charge in [0.05, 0.1) is 20.6 Å². The quantitative estimate of drug-likeness (QED) is 0.541. The molecule has 0 aliphatic heterocycles. The fraction of sp³-hybridized carbons (Fsp3) is 0.583. The zero-order valence-electron chi connectivity index (χ0n) is 10.6. The van der Waals surface area contributed by atoms with E-state index in [1.54, 1.807) is 6.08 Å². The lowest BCUT2D eigenvalue weighted by Gasteiger charge is -2.20. The highest BCUT2D eigenvalue weighted by Gasteiger charge is 2.37. The van der Waals surface area contributed by atoms with Crippen LogP contribution in [0.2, 0.25) is 0 Å². The van der Waals surface area contributed by atoms with Gasteiger partial charge in [-0.3, -0.25) is 9.59 Å². The van der Waals surface area contributed by atoms with Crippen LogP contribution in [0.4, 0.5) is 0 Å². The smallest absolute Gasteiger partial charge is 0.333 e. The fourth-order valence-corrected chi connectivity index (χ4v) is 1.96. The summed E-state index contributed by atoms with van der Waals surface area (Å²) in [5.41, 5.74) is 0.356. The molecule has 1 rings (SSSR count). The van der Waals surface area contributed by atoms with Crippen LogP contribution in [0.5, 0.6) is 0 Å². The standard InChI is InChI=1S/C12H16O6/c1-7(13)18-10-5-4-8(12(15)17-3)9(10)6-11(14)16-2/h4,9-10H,5-6H2,1-3H3. The summed E-state index contributed by atoms with van der Waals surface area (Å²) >= 11 is 0. The van der Waals surface area contributed by atoms with Crippen molar-refractivity contribution in [3.8, 4) is 0 Å². The van der Waals surface area contributed by atoms with Crippen molar-refractivity contribution < 1.29 is 28.6 Å². The van der Waals surface area contributed by atoms with Gasteiger partial charge in [0.1, 0.15) is 6.10 Å². The van der Waals surface area contributed by atoms with E-state index in [9.17, 15) is 14.4 Å². The van der Waals surface area contributed by atoms with Crippen molar-refractivity contribution in [2.45, 2.75) is 25.9 Å². The van der Waals surface area contributed by atoms with E-state index in [-0.39, 0.29) is 6.42 Å². The van der Waals surface area contributed by atoms with Gasteiger partial charge in [-0.2, -0.15) is 0 Å². The molecule has 0 N–H and O–H groups in total. The molecule has 0 heterocycles. The van der Waals surface area contributed by atoms with Gasteiger partial charge in [-0.1, -0.05) is 6.08 Å². The van der Waals surface area contributed by atoms with Crippen LogP contribution in [-0.2, 0) is 28.6 Å². The van der Waals surface area contributed by atoms with E-state index in [0.717, 1.165) is 0 Å². The highest BCUT2D eigenvalue weighted by Crippen LogP contribution is 2.32. The highest BCUT2D eigenvalue weighted by molar-refractivity contribution is 5.90. The summed E-state index contributed by atoms with van der Waals surface area (Å²) in [6, 6.07) is 0. The number of methoxy groups -OCH3 is 2. The first-order valence-corrected chi connectivity index (χ1v) is 5.52. The number of hydrogen-bond acceptors (Lipinski definition) is 6. The van der Waals surface area contributed by atoms with Crippen LogP contribution in [0, 0.1) is 5.92 Å². The fourth-order valence-electron chi connectivity index (χ4n) is 1.96. The second kappa shape index (κ2) is 6.18. The Morgan fingerprint density at radius 2 is 1.94 bits per heavy atom. The normalized spacial score (nSPS) is 22.1. The molecule has 2 atom stereocenters. The Kier molecular flexibility index (Phi) is 4.88. The number of ether oxygens (including phenoxy) is 3. The third-order valence-corrected chi connectivity index (χ3v) is 2.77. The molecule has 0 aromatic carbocycles. The summed E-state index contributed by atoms with van der Waals surface area (Å²) in [6.07, 6.45) is 1.49. The summed E-state index contributed by atoms with van der Waals surface area (Å²) in [4.78, 5) is 33.8. The molecule has 0 fully saturated rings. The Morgan fingerprint density at radius 3 is 2.44 bits per heavy atom. The number of carbonyl (C=O) groups excluding carboxylic acids is 3. The molecule has 6 nitrogen and oxygen atoms in total. The van der Waals surface area contributed by atoms with E-state index >= 15 is 0 Å². The molecule has 0 saturated carbocycles. The molecule has 0 saturated heterocycles. The third kappa shape index (κ3) is 3.32. The summed E-state index contributed by atoms with van der Waals surface area (Å²) < 4.78 is 14.3. The van der Waals surface area contributed by atoms with Gasteiger partial charge in [0, 0.05) is 24.8 Å². The van der Waals surface area contributed by atoms with Crippen molar-refractivity contribution in [3.05, 3.63) is 11.6 Å². The Balaban J connectivity index is 2.82. The minimum absolute atomic E-state index is 0.0185. The molecule has 0 aromatic rings. The van der Waals surface area contributed by atoms with Crippen LogP contribution in [0.15, 0.2) is 11.6 Å². The van der Waals surface area contributed by atoms with Crippen molar-refractivity contribution in [1.29, 1.82) is 0 Å². The largest absolute Gasteiger partial charge is 0.469 e. The molecule has 18 heavy (non-hydrogen) atoms. The Morgan fingerprint density at radius 1 is 1.28 bits per heavy atom. The van der Waals surface area contributed by atoms with Gasteiger partial charge < -0.3 is 14.2 Å². The van der Waals surface area contributed by atoms with Crippen molar-refractivity contribution in [2.75, 3.05) is 14.2 Å². The van der Waals surface area contributed by atoms with Crippen LogP contribution >= 0.6 is 0 Å². The monoisotopic (exact) mass is 256 g/mol. The van der Waals surface area contributed by atoms with E-state index in [1.807, 2.05) is 0 Å². The van der Waals surface area contributed by atoms with Gasteiger partial charge in [0.25, 0.3) is 0 Å². The van der Waals surface area contributed by atoms with Crippen molar-refractivity contribution in [3.63, 3.8) is 0 Å². The maximum absolute atomic E-state index is 11.5. The first-order chi connectivity index (χ1) is 8.49. The Bertz CT molecular complexity index is 384. The third-order valence-electron chi connectivity index (χ3n) is 2.77. The van der Waals surface area contributed by atoms with Crippen LogP contribution in [0.3, 0.4) is 0 Å². The maximum atomic E-state index is 11.5. The molecule has 0 spiro atoms. The summed E-state index contributed by atoms with van der Waals surface area (Å²) in [6.45, 7) is 1.28. The van der Waals surface area contributed by atoms with Crippen molar-refractivity contribution in [1.82, 2.24) is 0 Å². The van der Waals surface area contributed by atoms with Gasteiger partial charge >= 0.3 is 17.9 Å². The average Bonchev–Trinajstić information content (AvgIpc) is 2.70. The molecular formula is C12H16O6. The van der Waals surface area contributed by atoms with Crippen LogP contribution in [-0.4, -0.2) is 38.2 Å². The average molecular weight is 256 g/mol. The number of esters is 3. The molecule has 1 aliphatic carbocycles. The van der Waals surface area contributed by atoms with E-state index in [1.165, 1.54) is 21.1 Å². The lowest BCUT2D eigenvalue weighted by molar-refractivity contribution is -0.152. The highest BCUT2D eigenvalue weighted by atomic mass is 16.5. The van der Waals surface area contributed by atoms with Crippen molar-refractivity contribution >= 4 is 17.9 Å². The Hall–Kier alpha value is -1.85. The first kappa shape index (κ1) is 14.2. The molecule has 100 valence electrons. The lowest BCUT2D eigenvalue weighted by atomic mass is 9.95. The summed E-state index contributed by atoms with van der Waals surface area (Å²) in [5, 5.41) is 0. The molecule has 1 aliphatic rings. The Labute approximate surface area is 105 Å². The SMILES string of the molecule is COC(=O)CC1C(C(=O)OC)=CCC1OC(C)=O. The lowest BCUT2D eigenvalue weighted by Crippen LogP contribution is -2.28. The van der Waals surface area contributed by atoms with Crippen molar-refractivity contribution in [2.24, 2.45) is 5.92 Å². The van der Waals surface area contributed by atoms with Crippen LogP contribution < -0.4 is 0 Å². The summed E-state index contributed by atoms with van der Waals surface area (Å²) in [7, 11) is 2.52. The van der Waals surface area contributed by atoms with Gasteiger partial charge in [-0.25, -0.2) is 4.79 Å². The van der Waals surface area contributed by atoms with Gasteiger partial charge in [0.15, 0.2) is 0 Å². The molecule has 0 amide bonds.